The summed E-state index contributed by atoms with van der Waals surface area (Å²) in [6.45, 7) is 0. The number of rotatable bonds is 6. The van der Waals surface area contributed by atoms with Gasteiger partial charge < -0.3 is 25.3 Å². The van der Waals surface area contributed by atoms with Crippen molar-refractivity contribution in [3.05, 3.63) is 88.1 Å². The third kappa shape index (κ3) is 3.86. The summed E-state index contributed by atoms with van der Waals surface area (Å²) in [5.74, 6) is -0.134. The molecule has 3 aromatic carbocycles. The lowest BCUT2D eigenvalue weighted by molar-refractivity contribution is 0.0997. The van der Waals surface area contributed by atoms with E-state index in [9.17, 15) is 19.5 Å². The quantitative estimate of drug-likeness (QED) is 0.357. The second-order valence-corrected chi connectivity index (χ2v) is 8.86. The van der Waals surface area contributed by atoms with Crippen LogP contribution in [0.3, 0.4) is 0 Å². The van der Waals surface area contributed by atoms with Crippen LogP contribution < -0.4 is 21.2 Å². The maximum absolute atomic E-state index is 13.8. The van der Waals surface area contributed by atoms with E-state index < -0.39 is 17.5 Å². The number of amides is 2. The van der Waals surface area contributed by atoms with Crippen molar-refractivity contribution in [2.75, 3.05) is 7.11 Å². The third-order valence-electron chi connectivity index (χ3n) is 6.79. The monoisotopic (exact) mass is 484 g/mol. The topological polar surface area (TPSA) is 132 Å². The van der Waals surface area contributed by atoms with Crippen LogP contribution in [-0.2, 0) is 5.54 Å². The number of nitrogens with one attached hydrogen (secondary N) is 1. The zero-order valence-electron chi connectivity index (χ0n) is 19.5. The van der Waals surface area contributed by atoms with Crippen LogP contribution in [0.15, 0.2) is 75.9 Å². The van der Waals surface area contributed by atoms with Crippen LogP contribution >= 0.6 is 0 Å². The molecule has 8 nitrogen and oxygen atoms in total. The van der Waals surface area contributed by atoms with Crippen molar-refractivity contribution in [2.24, 2.45) is 5.73 Å². The van der Waals surface area contributed by atoms with Crippen molar-refractivity contribution in [1.82, 2.24) is 5.32 Å². The van der Waals surface area contributed by atoms with E-state index in [2.05, 4.69) is 5.32 Å². The number of hydrogen-bond acceptors (Lipinski definition) is 5. The lowest BCUT2D eigenvalue weighted by Gasteiger charge is -2.42. The first-order valence-corrected chi connectivity index (χ1v) is 11.5. The first kappa shape index (κ1) is 23.2. The number of carbonyl (C=O) groups is 2. The second-order valence-electron chi connectivity index (χ2n) is 8.86. The smallest absolute Gasteiger partial charge is 0.405 e. The number of carboxylic acid groups (broad SMARTS) is 1. The Hall–Kier alpha value is -4.59. The van der Waals surface area contributed by atoms with E-state index in [1.807, 2.05) is 42.5 Å². The lowest BCUT2D eigenvalue weighted by atomic mass is 9.71. The molecule has 0 bridgehead atoms. The Balaban J connectivity index is 1.72. The zero-order chi connectivity index (χ0) is 25.4. The predicted molar refractivity (Wildman–Crippen MR) is 135 cm³/mol. The van der Waals surface area contributed by atoms with E-state index in [4.69, 9.17) is 14.9 Å². The molecule has 4 N–H and O–H groups in total. The minimum atomic E-state index is -1.07. The van der Waals surface area contributed by atoms with E-state index in [1.165, 1.54) is 19.2 Å². The van der Waals surface area contributed by atoms with Crippen LogP contribution in [0.5, 0.6) is 5.75 Å². The highest BCUT2D eigenvalue weighted by Gasteiger charge is 2.40. The SMILES string of the molecule is COc1cc2oc(-c3ccccc3)c(-c3ccc(C4(NC(=O)O)CCC4)cc3)c(=O)c2cc1C(N)=O. The summed E-state index contributed by atoms with van der Waals surface area (Å²) >= 11 is 0. The minimum Gasteiger partial charge on any atom is -0.496 e. The predicted octanol–water partition coefficient (Wildman–Crippen LogP) is 4.88. The molecule has 182 valence electrons. The molecule has 1 aliphatic rings. The van der Waals surface area contributed by atoms with E-state index in [1.54, 1.807) is 12.1 Å². The summed E-state index contributed by atoms with van der Waals surface area (Å²) < 4.78 is 11.5. The van der Waals surface area contributed by atoms with Gasteiger partial charge in [-0.1, -0.05) is 54.6 Å². The number of ether oxygens (including phenoxy) is 1. The Morgan fingerprint density at radius 1 is 1.03 bits per heavy atom. The molecule has 0 unspecified atom stereocenters. The number of primary amides is 1. The van der Waals surface area contributed by atoms with Gasteiger partial charge >= 0.3 is 6.09 Å². The Bertz CT molecular complexity index is 1540. The molecule has 0 aliphatic heterocycles. The van der Waals surface area contributed by atoms with Crippen LogP contribution in [0.2, 0.25) is 0 Å². The number of carbonyl (C=O) groups excluding carboxylic acids is 1. The average molecular weight is 485 g/mol. The van der Waals surface area contributed by atoms with Crippen LogP contribution in [0.1, 0.15) is 35.2 Å². The summed E-state index contributed by atoms with van der Waals surface area (Å²) in [6, 6.07) is 19.4. The Morgan fingerprint density at radius 3 is 2.28 bits per heavy atom. The molecule has 1 aliphatic carbocycles. The highest BCUT2D eigenvalue weighted by molar-refractivity contribution is 6.01. The molecular weight excluding hydrogens is 460 g/mol. The van der Waals surface area contributed by atoms with Crippen LogP contribution in [-0.4, -0.2) is 24.2 Å². The standard InChI is InChI=1S/C28H24N2O6/c1-35-21-15-22-19(14-20(21)26(29)32)24(31)23(25(36-22)17-6-3-2-4-7-17)16-8-10-18(11-9-16)28(12-5-13-28)30-27(33)34/h2-4,6-11,14-15,30H,5,12-13H2,1H3,(H2,29,32)(H,33,34). The van der Waals surface area contributed by atoms with Gasteiger partial charge in [-0.2, -0.15) is 0 Å². The van der Waals surface area contributed by atoms with Gasteiger partial charge in [-0.15, -0.1) is 0 Å². The summed E-state index contributed by atoms with van der Waals surface area (Å²) in [7, 11) is 1.41. The fourth-order valence-corrected chi connectivity index (χ4v) is 4.82. The summed E-state index contributed by atoms with van der Waals surface area (Å²) in [6.07, 6.45) is 1.29. The zero-order valence-corrected chi connectivity index (χ0v) is 19.5. The fraction of sp³-hybridized carbons (Fsp3) is 0.179. The molecule has 1 fully saturated rings. The summed E-state index contributed by atoms with van der Waals surface area (Å²) in [4.78, 5) is 37.2. The van der Waals surface area contributed by atoms with Gasteiger partial charge in [0, 0.05) is 11.6 Å². The molecule has 1 saturated carbocycles. The van der Waals surface area contributed by atoms with Gasteiger partial charge in [-0.05, 0) is 36.5 Å². The first-order chi connectivity index (χ1) is 17.3. The normalized spacial score (nSPS) is 14.1. The van der Waals surface area contributed by atoms with E-state index in [-0.39, 0.29) is 27.7 Å². The second kappa shape index (κ2) is 8.88. The highest BCUT2D eigenvalue weighted by atomic mass is 16.5. The largest absolute Gasteiger partial charge is 0.496 e. The third-order valence-corrected chi connectivity index (χ3v) is 6.79. The van der Waals surface area contributed by atoms with Gasteiger partial charge in [0.15, 0.2) is 0 Å². The number of methoxy groups -OCH3 is 1. The van der Waals surface area contributed by atoms with Crippen molar-refractivity contribution in [1.29, 1.82) is 0 Å². The summed E-state index contributed by atoms with van der Waals surface area (Å²) in [5.41, 5.74) is 7.40. The average Bonchev–Trinajstić information content (AvgIpc) is 2.86. The molecule has 5 rings (SSSR count). The van der Waals surface area contributed by atoms with Crippen molar-refractivity contribution in [2.45, 2.75) is 24.8 Å². The van der Waals surface area contributed by atoms with E-state index in [0.717, 1.165) is 12.0 Å². The molecule has 0 spiro atoms. The van der Waals surface area contributed by atoms with Crippen molar-refractivity contribution >= 4 is 23.0 Å². The molecule has 0 saturated heterocycles. The maximum atomic E-state index is 13.8. The molecule has 1 heterocycles. The molecular formula is C28H24N2O6. The highest BCUT2D eigenvalue weighted by Crippen LogP contribution is 2.42. The molecule has 1 aromatic heterocycles. The van der Waals surface area contributed by atoms with Crippen molar-refractivity contribution < 1.29 is 23.8 Å². The Labute approximate surface area is 206 Å². The number of hydrogen-bond donors (Lipinski definition) is 3. The van der Waals surface area contributed by atoms with Crippen molar-refractivity contribution in [3.8, 4) is 28.2 Å². The summed E-state index contributed by atoms with van der Waals surface area (Å²) in [5, 5.41) is 12.1. The van der Waals surface area contributed by atoms with E-state index >= 15 is 0 Å². The van der Waals surface area contributed by atoms with Gasteiger partial charge in [0.2, 0.25) is 5.43 Å². The number of fused-ring (bicyclic) bond motifs is 1. The van der Waals surface area contributed by atoms with Crippen LogP contribution in [0.4, 0.5) is 4.79 Å². The van der Waals surface area contributed by atoms with Gasteiger partial charge in [-0.25, -0.2) is 4.79 Å². The minimum absolute atomic E-state index is 0.0812. The maximum Gasteiger partial charge on any atom is 0.405 e. The van der Waals surface area contributed by atoms with Gasteiger partial charge in [0.1, 0.15) is 17.1 Å². The molecule has 36 heavy (non-hydrogen) atoms. The van der Waals surface area contributed by atoms with Crippen molar-refractivity contribution in [3.63, 3.8) is 0 Å². The molecule has 4 aromatic rings. The van der Waals surface area contributed by atoms with Crippen LogP contribution in [0.25, 0.3) is 33.4 Å². The van der Waals surface area contributed by atoms with Gasteiger partial charge in [0.05, 0.1) is 29.2 Å². The number of nitrogens with two attached hydrogens (primary N) is 1. The van der Waals surface area contributed by atoms with Gasteiger partial charge in [-0.3, -0.25) is 9.59 Å². The lowest BCUT2D eigenvalue weighted by Crippen LogP contribution is -2.50. The van der Waals surface area contributed by atoms with Crippen LogP contribution in [0, 0.1) is 0 Å². The molecule has 0 atom stereocenters. The van der Waals surface area contributed by atoms with E-state index in [0.29, 0.717) is 35.3 Å². The number of benzene rings is 3. The first-order valence-electron chi connectivity index (χ1n) is 11.5. The van der Waals surface area contributed by atoms with Gasteiger partial charge in [0.25, 0.3) is 5.91 Å². The Morgan fingerprint density at radius 2 is 1.72 bits per heavy atom. The fourth-order valence-electron chi connectivity index (χ4n) is 4.82. The molecule has 2 amide bonds. The molecule has 8 heteroatoms. The molecule has 0 radical (unpaired) electrons. The Kier molecular flexibility index (Phi) is 5.72.